The quantitative estimate of drug-likeness (QED) is 0.485. The molecule has 8 nitrogen and oxygen atoms in total. The highest BCUT2D eigenvalue weighted by Crippen LogP contribution is 2.30. The Morgan fingerprint density at radius 1 is 1.08 bits per heavy atom. The third-order valence-electron chi connectivity index (χ3n) is 3.53. The molecular weight excluding hydrogens is 372 g/mol. The SMILES string of the molecule is CS(=O)(=O)Nc1cccc(-c2nnc(Nc3ccc4[nH]ncc4c3)s2)c1. The summed E-state index contributed by atoms with van der Waals surface area (Å²) in [5.41, 5.74) is 3.12. The molecule has 2 heterocycles. The number of rotatable bonds is 5. The maximum Gasteiger partial charge on any atom is 0.229 e. The van der Waals surface area contributed by atoms with Gasteiger partial charge in [0, 0.05) is 22.3 Å². The molecule has 2 aromatic heterocycles. The molecular formula is C16H14N6O2S2. The summed E-state index contributed by atoms with van der Waals surface area (Å²) in [7, 11) is -3.33. The van der Waals surface area contributed by atoms with Gasteiger partial charge in [0.05, 0.1) is 18.0 Å². The molecule has 0 unspecified atom stereocenters. The van der Waals surface area contributed by atoms with Gasteiger partial charge >= 0.3 is 0 Å². The summed E-state index contributed by atoms with van der Waals surface area (Å²) >= 11 is 1.38. The summed E-state index contributed by atoms with van der Waals surface area (Å²) < 4.78 is 25.2. The Labute approximate surface area is 153 Å². The molecule has 0 aliphatic carbocycles. The molecule has 26 heavy (non-hydrogen) atoms. The summed E-state index contributed by atoms with van der Waals surface area (Å²) in [4.78, 5) is 0. The molecule has 10 heteroatoms. The maximum absolute atomic E-state index is 11.4. The molecule has 0 aliphatic rings. The van der Waals surface area contributed by atoms with Crippen LogP contribution in [-0.4, -0.2) is 35.1 Å². The van der Waals surface area contributed by atoms with E-state index in [-0.39, 0.29) is 0 Å². The minimum atomic E-state index is -3.33. The number of H-pyrrole nitrogens is 1. The van der Waals surface area contributed by atoms with Crippen LogP contribution >= 0.6 is 11.3 Å². The van der Waals surface area contributed by atoms with Crippen LogP contribution < -0.4 is 10.0 Å². The van der Waals surface area contributed by atoms with E-state index in [1.54, 1.807) is 24.4 Å². The van der Waals surface area contributed by atoms with Gasteiger partial charge in [0.25, 0.3) is 0 Å². The van der Waals surface area contributed by atoms with E-state index in [1.807, 2.05) is 24.3 Å². The van der Waals surface area contributed by atoms with Crippen molar-refractivity contribution in [2.24, 2.45) is 0 Å². The van der Waals surface area contributed by atoms with Gasteiger partial charge in [-0.2, -0.15) is 5.10 Å². The highest BCUT2D eigenvalue weighted by molar-refractivity contribution is 7.92. The lowest BCUT2D eigenvalue weighted by atomic mass is 10.2. The Morgan fingerprint density at radius 2 is 1.96 bits per heavy atom. The van der Waals surface area contributed by atoms with Crippen LogP contribution in [-0.2, 0) is 10.0 Å². The third-order valence-corrected chi connectivity index (χ3v) is 5.02. The lowest BCUT2D eigenvalue weighted by Crippen LogP contribution is -2.09. The van der Waals surface area contributed by atoms with Gasteiger partial charge in [0.15, 0.2) is 0 Å². The fraction of sp³-hybridized carbons (Fsp3) is 0.0625. The lowest BCUT2D eigenvalue weighted by molar-refractivity contribution is 0.607. The van der Waals surface area contributed by atoms with Gasteiger partial charge in [0.1, 0.15) is 5.01 Å². The van der Waals surface area contributed by atoms with Gasteiger partial charge in [0.2, 0.25) is 15.2 Å². The van der Waals surface area contributed by atoms with Crippen molar-refractivity contribution >= 4 is 48.8 Å². The minimum absolute atomic E-state index is 0.486. The zero-order valence-corrected chi connectivity index (χ0v) is 15.2. The first-order valence-electron chi connectivity index (χ1n) is 7.58. The maximum atomic E-state index is 11.4. The van der Waals surface area contributed by atoms with Crippen molar-refractivity contribution in [2.45, 2.75) is 0 Å². The molecule has 0 atom stereocenters. The van der Waals surface area contributed by atoms with Gasteiger partial charge < -0.3 is 5.32 Å². The van der Waals surface area contributed by atoms with E-state index in [9.17, 15) is 8.42 Å². The first-order valence-corrected chi connectivity index (χ1v) is 10.3. The van der Waals surface area contributed by atoms with Gasteiger partial charge in [-0.3, -0.25) is 9.82 Å². The van der Waals surface area contributed by atoms with Crippen molar-refractivity contribution in [1.29, 1.82) is 0 Å². The number of benzene rings is 2. The van der Waals surface area contributed by atoms with Crippen LogP contribution in [0.1, 0.15) is 0 Å². The lowest BCUT2D eigenvalue weighted by Gasteiger charge is -2.04. The number of hydrogen-bond acceptors (Lipinski definition) is 7. The fourth-order valence-electron chi connectivity index (χ4n) is 2.46. The van der Waals surface area contributed by atoms with Crippen LogP contribution in [0.5, 0.6) is 0 Å². The molecule has 0 spiro atoms. The summed E-state index contributed by atoms with van der Waals surface area (Å²) in [6.07, 6.45) is 2.87. The van der Waals surface area contributed by atoms with Gasteiger partial charge in [-0.25, -0.2) is 8.42 Å². The molecule has 3 N–H and O–H groups in total. The van der Waals surface area contributed by atoms with Crippen molar-refractivity contribution in [3.05, 3.63) is 48.7 Å². The second kappa shape index (κ2) is 6.39. The molecule has 132 valence electrons. The van der Waals surface area contributed by atoms with Gasteiger partial charge in [-0.1, -0.05) is 23.5 Å². The van der Waals surface area contributed by atoms with E-state index in [2.05, 4.69) is 30.4 Å². The zero-order chi connectivity index (χ0) is 18.1. The first kappa shape index (κ1) is 16.5. The molecule has 0 fully saturated rings. The van der Waals surface area contributed by atoms with Crippen molar-refractivity contribution in [3.63, 3.8) is 0 Å². The van der Waals surface area contributed by atoms with Crippen LogP contribution in [0, 0.1) is 0 Å². The van der Waals surface area contributed by atoms with E-state index in [4.69, 9.17) is 0 Å². The molecule has 0 bridgehead atoms. The van der Waals surface area contributed by atoms with Crippen LogP contribution in [0.15, 0.2) is 48.7 Å². The summed E-state index contributed by atoms with van der Waals surface area (Å²) in [6.45, 7) is 0. The molecule has 0 aliphatic heterocycles. The predicted molar refractivity (Wildman–Crippen MR) is 103 cm³/mol. The van der Waals surface area contributed by atoms with Crippen molar-refractivity contribution in [1.82, 2.24) is 20.4 Å². The molecule has 4 rings (SSSR count). The molecule has 0 amide bonds. The summed E-state index contributed by atoms with van der Waals surface area (Å²) in [5.74, 6) is 0. The topological polar surface area (TPSA) is 113 Å². The number of anilines is 3. The average molecular weight is 386 g/mol. The normalized spacial score (nSPS) is 11.6. The summed E-state index contributed by atoms with van der Waals surface area (Å²) in [6, 6.07) is 12.9. The Hall–Kier alpha value is -2.98. The smallest absolute Gasteiger partial charge is 0.229 e. The Kier molecular flexibility index (Phi) is 4.05. The monoisotopic (exact) mass is 386 g/mol. The van der Waals surface area contributed by atoms with E-state index >= 15 is 0 Å². The van der Waals surface area contributed by atoms with E-state index in [1.165, 1.54) is 11.3 Å². The Morgan fingerprint density at radius 3 is 2.81 bits per heavy atom. The molecule has 4 aromatic rings. The Balaban J connectivity index is 1.56. The van der Waals surface area contributed by atoms with Crippen LogP contribution in [0.3, 0.4) is 0 Å². The number of hydrogen-bond donors (Lipinski definition) is 3. The zero-order valence-electron chi connectivity index (χ0n) is 13.6. The highest BCUT2D eigenvalue weighted by Gasteiger charge is 2.09. The van der Waals surface area contributed by atoms with Crippen molar-refractivity contribution in [3.8, 4) is 10.6 Å². The van der Waals surface area contributed by atoms with Gasteiger partial charge in [-0.05, 0) is 30.3 Å². The minimum Gasteiger partial charge on any atom is -0.330 e. The number of nitrogens with one attached hydrogen (secondary N) is 3. The molecule has 0 radical (unpaired) electrons. The standard InChI is InChI=1S/C16H14N6O2S2/c1-26(23,24)22-13-4-2-3-10(7-13)15-20-21-16(25-15)18-12-5-6-14-11(8-12)9-17-19-14/h2-9,22H,1H3,(H,17,19)(H,18,21). The number of aromatic amines is 1. The van der Waals surface area contributed by atoms with Crippen LogP contribution in [0.25, 0.3) is 21.5 Å². The fourth-order valence-corrected chi connectivity index (χ4v) is 3.78. The van der Waals surface area contributed by atoms with Gasteiger partial charge in [-0.15, -0.1) is 10.2 Å². The number of nitrogens with zero attached hydrogens (tertiary/aromatic N) is 3. The summed E-state index contributed by atoms with van der Waals surface area (Å²) in [5, 5.41) is 20.8. The number of sulfonamides is 1. The predicted octanol–water partition coefficient (Wildman–Crippen LogP) is 3.20. The third kappa shape index (κ3) is 3.65. The van der Waals surface area contributed by atoms with E-state index in [0.29, 0.717) is 15.8 Å². The van der Waals surface area contributed by atoms with E-state index < -0.39 is 10.0 Å². The molecule has 2 aromatic carbocycles. The number of aromatic nitrogens is 4. The molecule has 0 saturated carbocycles. The second-order valence-electron chi connectivity index (χ2n) is 5.66. The highest BCUT2D eigenvalue weighted by atomic mass is 32.2. The second-order valence-corrected chi connectivity index (χ2v) is 8.39. The van der Waals surface area contributed by atoms with Crippen molar-refractivity contribution < 1.29 is 8.42 Å². The van der Waals surface area contributed by atoms with Crippen LogP contribution in [0.2, 0.25) is 0 Å². The molecule has 0 saturated heterocycles. The number of fused-ring (bicyclic) bond motifs is 1. The first-order chi connectivity index (χ1) is 12.5. The van der Waals surface area contributed by atoms with E-state index in [0.717, 1.165) is 28.4 Å². The Bertz CT molecular complexity index is 1180. The largest absolute Gasteiger partial charge is 0.330 e. The van der Waals surface area contributed by atoms with Crippen LogP contribution in [0.4, 0.5) is 16.5 Å². The van der Waals surface area contributed by atoms with Crippen molar-refractivity contribution in [2.75, 3.05) is 16.3 Å². The average Bonchev–Trinajstić information content (AvgIpc) is 3.22.